The number of rotatable bonds is 2. The maximum absolute atomic E-state index is 12.1. The van der Waals surface area contributed by atoms with Crippen LogP contribution in [-0.4, -0.2) is 11.0 Å². The predicted octanol–water partition coefficient (Wildman–Crippen LogP) is 3.84. The zero-order valence-corrected chi connectivity index (χ0v) is 12.1. The number of aromatic hydroxyl groups is 1. The molecule has 2 rings (SSSR count). The van der Waals surface area contributed by atoms with Crippen molar-refractivity contribution in [2.45, 2.75) is 6.92 Å². The molecule has 0 bridgehead atoms. The summed E-state index contributed by atoms with van der Waals surface area (Å²) in [4.78, 5) is 12.1. The Bertz CT molecular complexity index is 664. The second kappa shape index (κ2) is 5.61. The number of carbonyl (C=O) groups excluding carboxylic acids is 1. The lowest BCUT2D eigenvalue weighted by Gasteiger charge is -2.09. The minimum atomic E-state index is -0.338. The molecule has 2 aromatic carbocycles. The number of halogens is 2. The van der Waals surface area contributed by atoms with E-state index in [1.165, 1.54) is 12.1 Å². The molecule has 1 amide bonds. The number of amides is 1. The molecule has 0 aromatic heterocycles. The molecule has 0 unspecified atom stereocenters. The standard InChI is InChI=1S/C14H12Cl2N2O2/c1-7-2-3-8(4-12(7)17)14(20)18-9-5-10(15)13(19)11(16)6-9/h2-6,19H,17H2,1H3,(H,18,20). The normalized spacial score (nSPS) is 10.3. The van der Waals surface area contributed by atoms with Gasteiger partial charge in [0.05, 0.1) is 10.0 Å². The van der Waals surface area contributed by atoms with E-state index in [1.807, 2.05) is 6.92 Å². The van der Waals surface area contributed by atoms with Crippen molar-refractivity contribution in [1.29, 1.82) is 0 Å². The van der Waals surface area contributed by atoms with Crippen molar-refractivity contribution in [3.63, 3.8) is 0 Å². The van der Waals surface area contributed by atoms with E-state index in [-0.39, 0.29) is 21.7 Å². The van der Waals surface area contributed by atoms with Gasteiger partial charge in [-0.1, -0.05) is 29.3 Å². The number of phenolic OH excluding ortho intramolecular Hbond substituents is 1. The molecule has 6 heteroatoms. The zero-order chi connectivity index (χ0) is 14.9. The summed E-state index contributed by atoms with van der Waals surface area (Å²) in [6, 6.07) is 7.86. The van der Waals surface area contributed by atoms with Gasteiger partial charge in [0, 0.05) is 16.9 Å². The van der Waals surface area contributed by atoms with Gasteiger partial charge in [0.1, 0.15) is 0 Å². The maximum atomic E-state index is 12.1. The number of nitrogen functional groups attached to an aromatic ring is 1. The van der Waals surface area contributed by atoms with Crippen molar-refractivity contribution in [2.24, 2.45) is 0 Å². The highest BCUT2D eigenvalue weighted by Gasteiger charge is 2.11. The van der Waals surface area contributed by atoms with Gasteiger partial charge in [0.2, 0.25) is 0 Å². The number of nitrogens with one attached hydrogen (secondary N) is 1. The number of aryl methyl sites for hydroxylation is 1. The molecule has 2 aromatic rings. The zero-order valence-electron chi connectivity index (χ0n) is 10.6. The van der Waals surface area contributed by atoms with Gasteiger partial charge in [0.15, 0.2) is 5.75 Å². The molecule has 0 aliphatic rings. The van der Waals surface area contributed by atoms with Crippen LogP contribution < -0.4 is 11.1 Å². The van der Waals surface area contributed by atoms with Gasteiger partial charge < -0.3 is 16.2 Å². The molecule has 0 fully saturated rings. The summed E-state index contributed by atoms with van der Waals surface area (Å²) in [6.07, 6.45) is 0. The second-order valence-electron chi connectivity index (χ2n) is 4.31. The lowest BCUT2D eigenvalue weighted by atomic mass is 10.1. The summed E-state index contributed by atoms with van der Waals surface area (Å²) in [5.74, 6) is -0.555. The van der Waals surface area contributed by atoms with Gasteiger partial charge in [-0.3, -0.25) is 4.79 Å². The third-order valence-electron chi connectivity index (χ3n) is 2.82. The lowest BCUT2D eigenvalue weighted by Crippen LogP contribution is -2.12. The first-order chi connectivity index (χ1) is 9.38. The number of nitrogens with two attached hydrogens (primary N) is 1. The van der Waals surface area contributed by atoms with E-state index in [4.69, 9.17) is 28.9 Å². The van der Waals surface area contributed by atoms with Crippen LogP contribution >= 0.6 is 23.2 Å². The lowest BCUT2D eigenvalue weighted by molar-refractivity contribution is 0.102. The molecule has 0 heterocycles. The number of benzene rings is 2. The molecule has 104 valence electrons. The topological polar surface area (TPSA) is 75.3 Å². The Hall–Kier alpha value is -1.91. The highest BCUT2D eigenvalue weighted by atomic mass is 35.5. The monoisotopic (exact) mass is 310 g/mol. The molecule has 0 spiro atoms. The summed E-state index contributed by atoms with van der Waals surface area (Å²) in [6.45, 7) is 1.86. The van der Waals surface area contributed by atoms with Crippen LogP contribution in [0.15, 0.2) is 30.3 Å². The smallest absolute Gasteiger partial charge is 0.255 e. The first-order valence-electron chi connectivity index (χ1n) is 5.74. The van der Waals surface area contributed by atoms with Crippen molar-refractivity contribution in [3.8, 4) is 5.75 Å². The minimum absolute atomic E-state index is 0.0659. The number of phenols is 1. The third kappa shape index (κ3) is 2.98. The van der Waals surface area contributed by atoms with Gasteiger partial charge >= 0.3 is 0 Å². The van der Waals surface area contributed by atoms with Gasteiger partial charge in [-0.2, -0.15) is 0 Å². The van der Waals surface area contributed by atoms with Crippen LogP contribution in [0.3, 0.4) is 0 Å². The van der Waals surface area contributed by atoms with Crippen LogP contribution in [0, 0.1) is 6.92 Å². The minimum Gasteiger partial charge on any atom is -0.505 e. The molecule has 0 aliphatic heterocycles. The van der Waals surface area contributed by atoms with Crippen LogP contribution in [-0.2, 0) is 0 Å². The Balaban J connectivity index is 2.25. The molecule has 4 N–H and O–H groups in total. The van der Waals surface area contributed by atoms with Crippen molar-refractivity contribution in [3.05, 3.63) is 51.5 Å². The van der Waals surface area contributed by atoms with E-state index in [9.17, 15) is 9.90 Å². The highest BCUT2D eigenvalue weighted by Crippen LogP contribution is 2.34. The van der Waals surface area contributed by atoms with E-state index < -0.39 is 0 Å². The number of hydrogen-bond donors (Lipinski definition) is 3. The van der Waals surface area contributed by atoms with Crippen molar-refractivity contribution in [2.75, 3.05) is 11.1 Å². The Labute approximate surface area is 126 Å². The van der Waals surface area contributed by atoms with E-state index >= 15 is 0 Å². The Morgan fingerprint density at radius 1 is 1.20 bits per heavy atom. The van der Waals surface area contributed by atoms with Crippen LogP contribution in [0.1, 0.15) is 15.9 Å². The molecular weight excluding hydrogens is 299 g/mol. The Morgan fingerprint density at radius 2 is 1.80 bits per heavy atom. The van der Waals surface area contributed by atoms with Gasteiger partial charge in [-0.05, 0) is 36.8 Å². The summed E-state index contributed by atoms with van der Waals surface area (Å²) in [5.41, 5.74) is 8.02. The van der Waals surface area contributed by atoms with Crippen molar-refractivity contribution in [1.82, 2.24) is 0 Å². The summed E-state index contributed by atoms with van der Waals surface area (Å²) in [5, 5.41) is 12.2. The fourth-order valence-corrected chi connectivity index (χ4v) is 2.11. The predicted molar refractivity (Wildman–Crippen MR) is 81.7 cm³/mol. The van der Waals surface area contributed by atoms with Crippen molar-refractivity contribution >= 4 is 40.5 Å². The number of hydrogen-bond acceptors (Lipinski definition) is 3. The van der Waals surface area contributed by atoms with Crippen LogP contribution in [0.4, 0.5) is 11.4 Å². The molecular formula is C14H12Cl2N2O2. The molecule has 0 radical (unpaired) electrons. The van der Waals surface area contributed by atoms with Gasteiger partial charge in [-0.25, -0.2) is 0 Å². The Kier molecular flexibility index (Phi) is 4.06. The first kappa shape index (κ1) is 14.5. The second-order valence-corrected chi connectivity index (χ2v) is 5.13. The summed E-state index contributed by atoms with van der Waals surface area (Å²) in [7, 11) is 0. The quantitative estimate of drug-likeness (QED) is 0.582. The van der Waals surface area contributed by atoms with Crippen molar-refractivity contribution < 1.29 is 9.90 Å². The fraction of sp³-hybridized carbons (Fsp3) is 0.0714. The van der Waals surface area contributed by atoms with Crippen LogP contribution in [0.25, 0.3) is 0 Å². The average Bonchev–Trinajstić information content (AvgIpc) is 2.39. The molecule has 0 atom stereocenters. The van der Waals surface area contributed by atoms with E-state index in [2.05, 4.69) is 5.32 Å². The summed E-state index contributed by atoms with van der Waals surface area (Å²) < 4.78 is 0. The average molecular weight is 311 g/mol. The van der Waals surface area contributed by atoms with Crippen LogP contribution in [0.5, 0.6) is 5.75 Å². The van der Waals surface area contributed by atoms with Gasteiger partial charge in [0.25, 0.3) is 5.91 Å². The first-order valence-corrected chi connectivity index (χ1v) is 6.49. The highest BCUT2D eigenvalue weighted by molar-refractivity contribution is 6.37. The van der Waals surface area contributed by atoms with Gasteiger partial charge in [-0.15, -0.1) is 0 Å². The van der Waals surface area contributed by atoms with E-state index in [0.717, 1.165) is 5.56 Å². The maximum Gasteiger partial charge on any atom is 0.255 e. The number of anilines is 2. The third-order valence-corrected chi connectivity index (χ3v) is 3.39. The Morgan fingerprint density at radius 3 is 2.35 bits per heavy atom. The molecule has 0 saturated heterocycles. The molecule has 0 aliphatic carbocycles. The molecule has 0 saturated carbocycles. The number of carbonyl (C=O) groups is 1. The van der Waals surface area contributed by atoms with E-state index in [0.29, 0.717) is 16.9 Å². The fourth-order valence-electron chi connectivity index (χ4n) is 1.62. The SMILES string of the molecule is Cc1ccc(C(=O)Nc2cc(Cl)c(O)c(Cl)c2)cc1N. The molecule has 20 heavy (non-hydrogen) atoms. The van der Waals surface area contributed by atoms with E-state index in [1.54, 1.807) is 18.2 Å². The molecule has 4 nitrogen and oxygen atoms in total. The summed E-state index contributed by atoms with van der Waals surface area (Å²) >= 11 is 11.6. The van der Waals surface area contributed by atoms with Crippen LogP contribution in [0.2, 0.25) is 10.0 Å². The largest absolute Gasteiger partial charge is 0.505 e.